The Balaban J connectivity index is 1.20. The molecular weight excluding hydrogens is 480 g/mol. The summed E-state index contributed by atoms with van der Waals surface area (Å²) in [5.74, 6) is 1.65. The summed E-state index contributed by atoms with van der Waals surface area (Å²) < 4.78 is 6.48. The van der Waals surface area contributed by atoms with Crippen molar-refractivity contribution >= 4 is 56.7 Å². The molecule has 0 atom stereocenters. The van der Waals surface area contributed by atoms with Crippen LogP contribution in [0.2, 0.25) is 0 Å². The molecule has 37 heavy (non-hydrogen) atoms. The van der Waals surface area contributed by atoms with Crippen LogP contribution in [0.1, 0.15) is 46.3 Å². The summed E-state index contributed by atoms with van der Waals surface area (Å²) in [6.45, 7) is 5.47. The van der Waals surface area contributed by atoms with Crippen LogP contribution in [-0.4, -0.2) is 42.1 Å². The van der Waals surface area contributed by atoms with E-state index in [0.717, 1.165) is 70.3 Å². The molecule has 1 aliphatic carbocycles. The SMILES string of the molecule is Cc1ccc(C(=O)CC2CC2)cc1/C=C/c1csc2c(Nc3ccc(N4CCOCC4)cc3)ncnc12. The number of benzene rings is 2. The van der Waals surface area contributed by atoms with Gasteiger partial charge in [0.2, 0.25) is 0 Å². The monoisotopic (exact) mass is 510 g/mol. The van der Waals surface area contributed by atoms with E-state index in [1.165, 1.54) is 18.5 Å². The van der Waals surface area contributed by atoms with Crippen molar-refractivity contribution in [1.82, 2.24) is 9.97 Å². The van der Waals surface area contributed by atoms with Crippen molar-refractivity contribution in [3.63, 3.8) is 0 Å². The lowest BCUT2D eigenvalue weighted by Gasteiger charge is -2.28. The summed E-state index contributed by atoms with van der Waals surface area (Å²) in [7, 11) is 0. The number of carbonyl (C=O) groups excluding carboxylic acids is 1. The normalized spacial score (nSPS) is 16.0. The third-order valence-corrected chi connectivity index (χ3v) is 8.10. The first-order valence-electron chi connectivity index (χ1n) is 12.9. The Bertz CT molecular complexity index is 1450. The third-order valence-electron chi connectivity index (χ3n) is 7.10. The molecule has 188 valence electrons. The Morgan fingerprint density at radius 3 is 2.65 bits per heavy atom. The molecule has 1 N–H and O–H groups in total. The van der Waals surface area contributed by atoms with Crippen LogP contribution in [0.4, 0.5) is 17.2 Å². The van der Waals surface area contributed by atoms with Gasteiger partial charge in [-0.1, -0.05) is 24.3 Å². The van der Waals surface area contributed by atoms with Crippen LogP contribution in [-0.2, 0) is 4.74 Å². The lowest BCUT2D eigenvalue weighted by atomic mass is 9.99. The second kappa shape index (κ2) is 10.4. The molecule has 2 fully saturated rings. The van der Waals surface area contributed by atoms with Crippen LogP contribution in [0.3, 0.4) is 0 Å². The highest BCUT2D eigenvalue weighted by molar-refractivity contribution is 7.18. The molecule has 2 aromatic carbocycles. The first-order chi connectivity index (χ1) is 18.1. The van der Waals surface area contributed by atoms with E-state index < -0.39 is 0 Å². The van der Waals surface area contributed by atoms with Crippen LogP contribution in [0.15, 0.2) is 54.2 Å². The Morgan fingerprint density at radius 2 is 1.86 bits per heavy atom. The van der Waals surface area contributed by atoms with Gasteiger partial charge in [-0.3, -0.25) is 4.79 Å². The summed E-state index contributed by atoms with van der Waals surface area (Å²) in [5, 5.41) is 5.58. The molecule has 0 unspecified atom stereocenters. The molecule has 1 saturated heterocycles. The lowest BCUT2D eigenvalue weighted by Crippen LogP contribution is -2.36. The highest BCUT2D eigenvalue weighted by Gasteiger charge is 2.25. The number of hydrogen-bond donors (Lipinski definition) is 1. The number of hydrogen-bond acceptors (Lipinski definition) is 7. The van der Waals surface area contributed by atoms with Crippen molar-refractivity contribution in [2.75, 3.05) is 36.5 Å². The topological polar surface area (TPSA) is 67.4 Å². The number of rotatable bonds is 8. The number of anilines is 3. The molecule has 6 rings (SSSR count). The molecular formula is C30H30N4O2S. The average Bonchev–Trinajstić information content (AvgIpc) is 3.65. The fourth-order valence-corrected chi connectivity index (χ4v) is 5.60. The zero-order chi connectivity index (χ0) is 25.2. The van der Waals surface area contributed by atoms with Crippen molar-refractivity contribution in [3.8, 4) is 0 Å². The molecule has 6 nitrogen and oxygen atoms in total. The van der Waals surface area contributed by atoms with E-state index in [1.54, 1.807) is 17.7 Å². The first-order valence-corrected chi connectivity index (χ1v) is 13.8. The predicted octanol–water partition coefficient (Wildman–Crippen LogP) is 6.73. The van der Waals surface area contributed by atoms with E-state index in [-0.39, 0.29) is 5.78 Å². The largest absolute Gasteiger partial charge is 0.378 e. The van der Waals surface area contributed by atoms with Gasteiger partial charge >= 0.3 is 0 Å². The summed E-state index contributed by atoms with van der Waals surface area (Å²) >= 11 is 1.63. The van der Waals surface area contributed by atoms with E-state index in [2.05, 4.69) is 68.9 Å². The zero-order valence-corrected chi connectivity index (χ0v) is 21.8. The van der Waals surface area contributed by atoms with Gasteiger partial charge in [0.1, 0.15) is 6.33 Å². The van der Waals surface area contributed by atoms with Crippen LogP contribution in [0, 0.1) is 12.8 Å². The molecule has 1 aliphatic heterocycles. The van der Waals surface area contributed by atoms with Crippen molar-refractivity contribution < 1.29 is 9.53 Å². The molecule has 0 bridgehead atoms. The average molecular weight is 511 g/mol. The Morgan fingerprint density at radius 1 is 1.08 bits per heavy atom. The Labute approximate surface area is 221 Å². The van der Waals surface area contributed by atoms with Gasteiger partial charge in [-0.2, -0.15) is 0 Å². The number of morpholine rings is 1. The number of aromatic nitrogens is 2. The van der Waals surface area contributed by atoms with Crippen LogP contribution < -0.4 is 10.2 Å². The van der Waals surface area contributed by atoms with Crippen molar-refractivity contribution in [1.29, 1.82) is 0 Å². The number of thiophene rings is 1. The van der Waals surface area contributed by atoms with E-state index in [4.69, 9.17) is 4.74 Å². The van der Waals surface area contributed by atoms with Gasteiger partial charge in [-0.25, -0.2) is 9.97 Å². The molecule has 3 heterocycles. The van der Waals surface area contributed by atoms with Crippen LogP contribution in [0.25, 0.3) is 22.4 Å². The number of ether oxygens (including phenoxy) is 1. The molecule has 2 aliphatic rings. The van der Waals surface area contributed by atoms with Crippen molar-refractivity contribution in [2.45, 2.75) is 26.2 Å². The predicted molar refractivity (Wildman–Crippen MR) is 152 cm³/mol. The lowest BCUT2D eigenvalue weighted by molar-refractivity contribution is 0.0976. The molecule has 0 spiro atoms. The fraction of sp³-hybridized carbons (Fsp3) is 0.300. The second-order valence-corrected chi connectivity index (χ2v) is 10.7. The Hall–Kier alpha value is -3.55. The quantitative estimate of drug-likeness (QED) is 0.265. The highest BCUT2D eigenvalue weighted by Crippen LogP contribution is 2.34. The number of carbonyl (C=O) groups is 1. The minimum atomic E-state index is 0.250. The van der Waals surface area contributed by atoms with Crippen molar-refractivity contribution in [3.05, 3.63) is 76.4 Å². The maximum atomic E-state index is 12.6. The van der Waals surface area contributed by atoms with E-state index in [9.17, 15) is 4.79 Å². The minimum absolute atomic E-state index is 0.250. The van der Waals surface area contributed by atoms with Crippen LogP contribution >= 0.6 is 11.3 Å². The van der Waals surface area contributed by atoms with E-state index in [0.29, 0.717) is 12.3 Å². The summed E-state index contributed by atoms with van der Waals surface area (Å²) in [6, 6.07) is 14.5. The molecule has 0 radical (unpaired) electrons. The molecule has 0 amide bonds. The number of ketones is 1. The first kappa shape index (κ1) is 23.8. The number of fused-ring (bicyclic) bond motifs is 1. The minimum Gasteiger partial charge on any atom is -0.378 e. The summed E-state index contributed by atoms with van der Waals surface area (Å²) in [6.07, 6.45) is 8.83. The third kappa shape index (κ3) is 5.43. The van der Waals surface area contributed by atoms with Gasteiger partial charge in [0.25, 0.3) is 0 Å². The van der Waals surface area contributed by atoms with Gasteiger partial charge < -0.3 is 15.0 Å². The van der Waals surface area contributed by atoms with Gasteiger partial charge in [0, 0.05) is 47.4 Å². The summed E-state index contributed by atoms with van der Waals surface area (Å²) in [4.78, 5) is 24.0. The smallest absolute Gasteiger partial charge is 0.163 e. The molecule has 4 aromatic rings. The maximum absolute atomic E-state index is 12.6. The number of nitrogens with one attached hydrogen (secondary N) is 1. The number of aryl methyl sites for hydroxylation is 1. The number of Topliss-reactive ketones (excluding diaryl/α,β-unsaturated/α-hetero) is 1. The molecule has 1 saturated carbocycles. The summed E-state index contributed by atoms with van der Waals surface area (Å²) in [5.41, 5.74) is 7.18. The van der Waals surface area contributed by atoms with Crippen molar-refractivity contribution in [2.24, 2.45) is 5.92 Å². The van der Waals surface area contributed by atoms with Gasteiger partial charge in [0.05, 0.1) is 23.4 Å². The number of nitrogens with zero attached hydrogens (tertiary/aromatic N) is 3. The van der Waals surface area contributed by atoms with Gasteiger partial charge in [-0.05, 0) is 67.1 Å². The highest BCUT2D eigenvalue weighted by atomic mass is 32.1. The fourth-order valence-electron chi connectivity index (χ4n) is 4.67. The van der Waals surface area contributed by atoms with E-state index in [1.807, 2.05) is 18.2 Å². The van der Waals surface area contributed by atoms with Gasteiger partial charge in [0.15, 0.2) is 11.6 Å². The zero-order valence-electron chi connectivity index (χ0n) is 20.9. The second-order valence-electron chi connectivity index (χ2n) is 9.84. The maximum Gasteiger partial charge on any atom is 0.163 e. The van der Waals surface area contributed by atoms with Gasteiger partial charge in [-0.15, -0.1) is 11.3 Å². The molecule has 7 heteroatoms. The van der Waals surface area contributed by atoms with Crippen LogP contribution in [0.5, 0.6) is 0 Å². The molecule has 2 aromatic heterocycles. The Kier molecular flexibility index (Phi) is 6.72. The standard InChI is InChI=1S/C30H30N4O2S/c1-20-2-5-23(27(35)16-21-3-4-21)17-22(20)6-7-24-18-37-29-28(24)31-19-32-30(29)33-25-8-10-26(11-9-25)34-12-14-36-15-13-34/h2,5-11,17-19,21H,3-4,12-16H2,1H3,(H,31,32,33)/b7-6+. The van der Waals surface area contributed by atoms with E-state index >= 15 is 0 Å².